The van der Waals surface area contributed by atoms with E-state index < -0.39 is 6.04 Å². The summed E-state index contributed by atoms with van der Waals surface area (Å²) >= 11 is 1.31. The Bertz CT molecular complexity index is 2140. The second-order valence-electron chi connectivity index (χ2n) is 11.2. The van der Waals surface area contributed by atoms with Gasteiger partial charge in [-0.25, -0.2) is 4.99 Å². The van der Waals surface area contributed by atoms with Crippen molar-refractivity contribution in [1.29, 1.82) is 0 Å². The van der Waals surface area contributed by atoms with Crippen molar-refractivity contribution in [2.45, 2.75) is 33.4 Å². The van der Waals surface area contributed by atoms with E-state index >= 15 is 0 Å². The molecule has 9 heteroatoms. The van der Waals surface area contributed by atoms with Crippen LogP contribution in [0.5, 0.6) is 17.2 Å². The van der Waals surface area contributed by atoms with Gasteiger partial charge in [-0.15, -0.1) is 0 Å². The molecule has 0 N–H and O–H groups in total. The number of hydrogen-bond acceptors (Lipinski definition) is 7. The molecule has 0 saturated carbocycles. The zero-order valence-corrected chi connectivity index (χ0v) is 28.0. The number of allylic oxidation sites excluding steroid dienone is 1. The van der Waals surface area contributed by atoms with Crippen LogP contribution in [0, 0.1) is 0 Å². The first kappa shape index (κ1) is 31.8. The fourth-order valence-electron chi connectivity index (χ4n) is 5.99. The first-order valence-electron chi connectivity index (χ1n) is 15.6. The molecule has 4 aromatic carbocycles. The van der Waals surface area contributed by atoms with Crippen LogP contribution in [0.25, 0.3) is 16.8 Å². The Kier molecular flexibility index (Phi) is 9.26. The van der Waals surface area contributed by atoms with Crippen LogP contribution in [0.15, 0.2) is 106 Å². The SMILES string of the molecule is CCN(CC)C(=O)C1=C(C)N=c2s/c(=C/c3ccc(OCc4ccc(OC)cc4)cc3)c(=O)n2[C@H]1c1c(OC)ccc2ccccc12. The molecule has 0 saturated heterocycles. The predicted molar refractivity (Wildman–Crippen MR) is 186 cm³/mol. The zero-order chi connectivity index (χ0) is 33.1. The highest BCUT2D eigenvalue weighted by Gasteiger charge is 2.36. The normalized spacial score (nSPS) is 14.5. The second kappa shape index (κ2) is 13.7. The number of rotatable bonds is 10. The molecule has 0 unspecified atom stereocenters. The van der Waals surface area contributed by atoms with Gasteiger partial charge in [-0.1, -0.05) is 65.9 Å². The summed E-state index contributed by atoms with van der Waals surface area (Å²) in [5.74, 6) is 1.98. The maximum absolute atomic E-state index is 14.4. The largest absolute Gasteiger partial charge is 0.497 e. The number of nitrogens with zero attached hydrogens (tertiary/aromatic N) is 3. The summed E-state index contributed by atoms with van der Waals surface area (Å²) in [4.78, 5) is 35.6. The van der Waals surface area contributed by atoms with E-state index in [1.54, 1.807) is 23.7 Å². The molecule has 0 radical (unpaired) electrons. The number of carbonyl (C=O) groups is 1. The van der Waals surface area contributed by atoms with Crippen molar-refractivity contribution in [2.75, 3.05) is 27.3 Å². The van der Waals surface area contributed by atoms with Crippen LogP contribution in [-0.4, -0.2) is 42.7 Å². The molecule has 47 heavy (non-hydrogen) atoms. The molecular formula is C38H37N3O5S. The van der Waals surface area contributed by atoms with E-state index in [0.717, 1.165) is 39.0 Å². The van der Waals surface area contributed by atoms with E-state index in [0.29, 0.717) is 46.0 Å². The fourth-order valence-corrected chi connectivity index (χ4v) is 7.03. The minimum absolute atomic E-state index is 0.143. The molecule has 1 aromatic heterocycles. The lowest BCUT2D eigenvalue weighted by atomic mass is 9.90. The summed E-state index contributed by atoms with van der Waals surface area (Å²) in [5, 5.41) is 1.90. The van der Waals surface area contributed by atoms with Crippen molar-refractivity contribution in [3.63, 3.8) is 0 Å². The van der Waals surface area contributed by atoms with Gasteiger partial charge in [0.15, 0.2) is 4.80 Å². The molecule has 0 fully saturated rings. The van der Waals surface area contributed by atoms with Crippen molar-refractivity contribution in [3.8, 4) is 17.2 Å². The van der Waals surface area contributed by atoms with Gasteiger partial charge < -0.3 is 19.1 Å². The molecule has 0 aliphatic carbocycles. The molecule has 1 aliphatic heterocycles. The van der Waals surface area contributed by atoms with Crippen molar-refractivity contribution in [3.05, 3.63) is 133 Å². The maximum atomic E-state index is 14.4. The molecule has 5 aromatic rings. The van der Waals surface area contributed by atoms with Gasteiger partial charge in [-0.05, 0) is 79.1 Å². The summed E-state index contributed by atoms with van der Waals surface area (Å²) in [5.41, 5.74) is 3.49. The molecule has 6 rings (SSSR count). The molecule has 1 atom stereocenters. The number of amides is 1. The Morgan fingerprint density at radius 1 is 0.915 bits per heavy atom. The third kappa shape index (κ3) is 6.18. The number of fused-ring (bicyclic) bond motifs is 2. The van der Waals surface area contributed by atoms with Crippen LogP contribution >= 0.6 is 11.3 Å². The highest BCUT2D eigenvalue weighted by molar-refractivity contribution is 7.07. The van der Waals surface area contributed by atoms with Gasteiger partial charge in [0.05, 0.1) is 30.0 Å². The van der Waals surface area contributed by atoms with Gasteiger partial charge >= 0.3 is 0 Å². The molecular weight excluding hydrogens is 611 g/mol. The number of likely N-dealkylation sites (N-methyl/N-ethyl adjacent to an activating group) is 1. The van der Waals surface area contributed by atoms with Crippen LogP contribution in [-0.2, 0) is 11.4 Å². The van der Waals surface area contributed by atoms with E-state index in [1.165, 1.54) is 11.3 Å². The summed E-state index contributed by atoms with van der Waals surface area (Å²) in [6, 6.07) is 26.5. The highest BCUT2D eigenvalue weighted by Crippen LogP contribution is 2.40. The molecule has 1 aliphatic rings. The van der Waals surface area contributed by atoms with Gasteiger partial charge in [-0.3, -0.25) is 14.2 Å². The van der Waals surface area contributed by atoms with E-state index in [-0.39, 0.29) is 11.5 Å². The predicted octanol–water partition coefficient (Wildman–Crippen LogP) is 5.85. The van der Waals surface area contributed by atoms with E-state index in [9.17, 15) is 9.59 Å². The van der Waals surface area contributed by atoms with E-state index in [2.05, 4.69) is 0 Å². The van der Waals surface area contributed by atoms with Crippen LogP contribution in [0.4, 0.5) is 0 Å². The lowest BCUT2D eigenvalue weighted by Gasteiger charge is -2.30. The number of ether oxygens (including phenoxy) is 3. The van der Waals surface area contributed by atoms with Crippen LogP contribution < -0.4 is 29.1 Å². The van der Waals surface area contributed by atoms with Gasteiger partial charge in [0.25, 0.3) is 11.5 Å². The molecule has 2 heterocycles. The highest BCUT2D eigenvalue weighted by atomic mass is 32.1. The van der Waals surface area contributed by atoms with Crippen LogP contribution in [0.2, 0.25) is 0 Å². The number of carbonyl (C=O) groups excluding carboxylic acids is 1. The van der Waals surface area contributed by atoms with Crippen molar-refractivity contribution < 1.29 is 19.0 Å². The standard InChI is InChI=1S/C38H37N3O5S/c1-6-40(7-2)37(43)33-24(3)39-38-41(35(33)34-30-11-9-8-10-27(30)16-21-31(34)45-5)36(42)32(47-38)22-25-12-19-29(20-13-25)46-23-26-14-17-28(44-4)18-15-26/h8-22,35H,6-7,23H2,1-5H3/b32-22+/t35-/m1/s1. The Morgan fingerprint density at radius 3 is 2.30 bits per heavy atom. The third-order valence-corrected chi connectivity index (χ3v) is 9.45. The van der Waals surface area contributed by atoms with Gasteiger partial charge in [-0.2, -0.15) is 0 Å². The topological polar surface area (TPSA) is 82.4 Å². The Balaban J connectivity index is 1.43. The van der Waals surface area contributed by atoms with Crippen molar-refractivity contribution in [1.82, 2.24) is 9.47 Å². The second-order valence-corrected chi connectivity index (χ2v) is 12.2. The third-order valence-electron chi connectivity index (χ3n) is 8.47. The monoisotopic (exact) mass is 647 g/mol. The number of thiazole rings is 1. The first-order chi connectivity index (χ1) is 22.9. The Morgan fingerprint density at radius 2 is 1.62 bits per heavy atom. The zero-order valence-electron chi connectivity index (χ0n) is 27.2. The first-order valence-corrected chi connectivity index (χ1v) is 16.4. The Labute approximate surface area is 277 Å². The number of hydrogen-bond donors (Lipinski definition) is 0. The summed E-state index contributed by atoms with van der Waals surface area (Å²) in [6.07, 6.45) is 1.86. The van der Waals surface area contributed by atoms with Crippen LogP contribution in [0.1, 0.15) is 43.5 Å². The smallest absolute Gasteiger partial charge is 0.271 e. The average molecular weight is 648 g/mol. The summed E-state index contributed by atoms with van der Waals surface area (Å²) in [7, 11) is 3.26. The van der Waals surface area contributed by atoms with Gasteiger partial charge in [0, 0.05) is 18.7 Å². The molecule has 8 nitrogen and oxygen atoms in total. The number of methoxy groups -OCH3 is 2. The Hall–Kier alpha value is -5.15. The minimum Gasteiger partial charge on any atom is -0.497 e. The summed E-state index contributed by atoms with van der Waals surface area (Å²) in [6.45, 7) is 7.26. The van der Waals surface area contributed by atoms with Crippen molar-refractivity contribution >= 4 is 34.1 Å². The van der Waals surface area contributed by atoms with Crippen molar-refractivity contribution in [2.24, 2.45) is 4.99 Å². The number of benzene rings is 4. The van der Waals surface area contributed by atoms with Crippen LogP contribution in [0.3, 0.4) is 0 Å². The van der Waals surface area contributed by atoms with E-state index in [1.807, 2.05) is 112 Å². The molecule has 240 valence electrons. The average Bonchev–Trinajstić information content (AvgIpc) is 3.40. The van der Waals surface area contributed by atoms with Gasteiger partial charge in [0.2, 0.25) is 0 Å². The fraction of sp³-hybridized carbons (Fsp3) is 0.237. The molecule has 0 spiro atoms. The molecule has 1 amide bonds. The lowest BCUT2D eigenvalue weighted by molar-refractivity contribution is -0.127. The van der Waals surface area contributed by atoms with E-state index in [4.69, 9.17) is 19.2 Å². The molecule has 0 bridgehead atoms. The maximum Gasteiger partial charge on any atom is 0.271 e. The summed E-state index contributed by atoms with van der Waals surface area (Å²) < 4.78 is 19.3. The number of aromatic nitrogens is 1. The quantitative estimate of drug-likeness (QED) is 0.190. The van der Waals surface area contributed by atoms with Gasteiger partial charge in [0.1, 0.15) is 29.9 Å². The minimum atomic E-state index is -0.726. The lowest BCUT2D eigenvalue weighted by Crippen LogP contribution is -2.43.